The standard InChI is InChI=1S/C28H33N9O2/c29-19-8-10-21(11-9-19)33-27-22(34-28(38)23-17-30-24-7-4-14-31-37(23)24)12-13-25(35-27)36-15-16-39-26(18-36)32-20-5-2-1-3-6-20/h1-7,12-14,17,19,21,26,32H,8-11,15-16,18,29H2,(H,33,35)(H,34,38). The Kier molecular flexibility index (Phi) is 7.24. The van der Waals surface area contributed by atoms with Gasteiger partial charge in [0.2, 0.25) is 0 Å². The van der Waals surface area contributed by atoms with Crippen molar-refractivity contribution in [1.82, 2.24) is 19.6 Å². The molecule has 6 rings (SSSR count). The molecule has 0 bridgehead atoms. The number of benzene rings is 1. The third kappa shape index (κ3) is 5.79. The molecule has 1 aliphatic heterocycles. The Hall–Kier alpha value is -4.22. The molecule has 3 aromatic heterocycles. The van der Waals surface area contributed by atoms with Crippen molar-refractivity contribution in [1.29, 1.82) is 0 Å². The third-order valence-corrected chi connectivity index (χ3v) is 7.24. The number of nitrogens with two attached hydrogens (primary N) is 1. The largest absolute Gasteiger partial charge is 0.366 e. The van der Waals surface area contributed by atoms with E-state index in [4.69, 9.17) is 15.5 Å². The normalized spacial score (nSPS) is 21.5. The fraction of sp³-hybridized carbons (Fsp3) is 0.357. The van der Waals surface area contributed by atoms with Crippen molar-refractivity contribution >= 4 is 34.6 Å². The number of para-hydroxylation sites is 1. The number of nitrogens with one attached hydrogen (secondary N) is 3. The molecule has 5 N–H and O–H groups in total. The highest BCUT2D eigenvalue weighted by Crippen LogP contribution is 2.29. The maximum atomic E-state index is 13.3. The van der Waals surface area contributed by atoms with Crippen LogP contribution >= 0.6 is 0 Å². The second-order valence-electron chi connectivity index (χ2n) is 10.0. The van der Waals surface area contributed by atoms with Crippen LogP contribution in [0, 0.1) is 0 Å². The first kappa shape index (κ1) is 25.1. The lowest BCUT2D eigenvalue weighted by molar-refractivity contribution is 0.0589. The molecule has 0 spiro atoms. The molecule has 1 unspecified atom stereocenters. The number of imidazole rings is 1. The average Bonchev–Trinajstić information content (AvgIpc) is 3.40. The van der Waals surface area contributed by atoms with Crippen molar-refractivity contribution in [3.05, 3.63) is 72.7 Å². The highest BCUT2D eigenvalue weighted by Gasteiger charge is 2.25. The van der Waals surface area contributed by atoms with Crippen molar-refractivity contribution in [2.75, 3.05) is 40.5 Å². The number of ether oxygens (including phenoxy) is 1. The second kappa shape index (κ2) is 11.3. The van der Waals surface area contributed by atoms with Gasteiger partial charge in [0.1, 0.15) is 12.0 Å². The molecule has 4 aromatic rings. The van der Waals surface area contributed by atoms with Crippen LogP contribution in [0.2, 0.25) is 0 Å². The van der Waals surface area contributed by atoms with Gasteiger partial charge in [0, 0.05) is 30.5 Å². The fourth-order valence-electron chi connectivity index (χ4n) is 5.13. The summed E-state index contributed by atoms with van der Waals surface area (Å²) in [5.74, 6) is 1.16. The smallest absolute Gasteiger partial charge is 0.276 e. The van der Waals surface area contributed by atoms with Gasteiger partial charge in [-0.05, 0) is 62.1 Å². The van der Waals surface area contributed by atoms with E-state index in [-0.39, 0.29) is 24.2 Å². The number of carbonyl (C=O) groups is 1. The lowest BCUT2D eigenvalue weighted by Crippen LogP contribution is -2.46. The molecule has 2 fully saturated rings. The summed E-state index contributed by atoms with van der Waals surface area (Å²) in [6.45, 7) is 1.94. The minimum atomic E-state index is -0.303. The predicted molar refractivity (Wildman–Crippen MR) is 151 cm³/mol. The van der Waals surface area contributed by atoms with E-state index in [1.165, 1.54) is 10.7 Å². The van der Waals surface area contributed by atoms with Crippen LogP contribution in [-0.2, 0) is 4.74 Å². The molecule has 2 aliphatic rings. The zero-order chi connectivity index (χ0) is 26.6. The first-order valence-corrected chi connectivity index (χ1v) is 13.4. The first-order valence-electron chi connectivity index (χ1n) is 13.4. The number of hydrogen-bond donors (Lipinski definition) is 4. The third-order valence-electron chi connectivity index (χ3n) is 7.24. The highest BCUT2D eigenvalue weighted by atomic mass is 16.5. The summed E-state index contributed by atoms with van der Waals surface area (Å²) in [5.41, 5.74) is 8.72. The zero-order valence-electron chi connectivity index (χ0n) is 21.7. The number of carbonyl (C=O) groups excluding carboxylic acids is 1. The van der Waals surface area contributed by atoms with E-state index >= 15 is 0 Å². The molecular weight excluding hydrogens is 494 g/mol. The number of morpholine rings is 1. The van der Waals surface area contributed by atoms with Crippen LogP contribution in [0.3, 0.4) is 0 Å². The molecule has 1 amide bonds. The Bertz CT molecular complexity index is 1420. The van der Waals surface area contributed by atoms with Gasteiger partial charge in [-0.1, -0.05) is 18.2 Å². The summed E-state index contributed by atoms with van der Waals surface area (Å²) < 4.78 is 7.50. The van der Waals surface area contributed by atoms with Crippen molar-refractivity contribution in [2.45, 2.75) is 44.0 Å². The molecule has 1 aromatic carbocycles. The number of rotatable bonds is 7. The van der Waals surface area contributed by atoms with E-state index in [1.54, 1.807) is 12.3 Å². The minimum Gasteiger partial charge on any atom is -0.366 e. The minimum absolute atomic E-state index is 0.166. The second-order valence-corrected chi connectivity index (χ2v) is 10.0. The molecule has 11 heteroatoms. The molecule has 0 radical (unpaired) electrons. The summed E-state index contributed by atoms with van der Waals surface area (Å²) in [7, 11) is 0. The van der Waals surface area contributed by atoms with Crippen LogP contribution in [0.1, 0.15) is 36.2 Å². The molecule has 1 saturated carbocycles. The number of hydrogen-bond acceptors (Lipinski definition) is 9. The lowest BCUT2D eigenvalue weighted by atomic mass is 9.92. The average molecular weight is 528 g/mol. The number of aromatic nitrogens is 4. The maximum absolute atomic E-state index is 13.3. The van der Waals surface area contributed by atoms with Crippen LogP contribution in [0.5, 0.6) is 0 Å². The van der Waals surface area contributed by atoms with E-state index in [0.717, 1.165) is 43.7 Å². The monoisotopic (exact) mass is 527 g/mol. The van der Waals surface area contributed by atoms with E-state index in [9.17, 15) is 4.79 Å². The number of fused-ring (bicyclic) bond motifs is 1. The highest BCUT2D eigenvalue weighted by molar-refractivity contribution is 6.04. The number of amides is 1. The Balaban J connectivity index is 1.23. The lowest BCUT2D eigenvalue weighted by Gasteiger charge is -2.35. The topological polar surface area (TPSA) is 135 Å². The molecule has 1 atom stereocenters. The Morgan fingerprint density at radius 3 is 2.69 bits per heavy atom. The Morgan fingerprint density at radius 1 is 1.00 bits per heavy atom. The van der Waals surface area contributed by atoms with Crippen LogP contribution in [0.25, 0.3) is 5.65 Å². The van der Waals surface area contributed by atoms with Gasteiger partial charge in [-0.25, -0.2) is 14.5 Å². The van der Waals surface area contributed by atoms with Gasteiger partial charge in [-0.15, -0.1) is 0 Å². The van der Waals surface area contributed by atoms with Gasteiger partial charge in [-0.2, -0.15) is 5.10 Å². The van der Waals surface area contributed by atoms with Crippen LogP contribution < -0.4 is 26.6 Å². The van der Waals surface area contributed by atoms with Crippen LogP contribution in [-0.4, -0.2) is 63.5 Å². The molecule has 11 nitrogen and oxygen atoms in total. The maximum Gasteiger partial charge on any atom is 0.276 e. The molecule has 1 aliphatic carbocycles. The molecular formula is C28H33N9O2. The van der Waals surface area contributed by atoms with Gasteiger partial charge >= 0.3 is 0 Å². The van der Waals surface area contributed by atoms with Gasteiger partial charge in [0.25, 0.3) is 5.91 Å². The quantitative estimate of drug-likeness (QED) is 0.285. The van der Waals surface area contributed by atoms with E-state index in [0.29, 0.717) is 36.0 Å². The van der Waals surface area contributed by atoms with Gasteiger partial charge in [-0.3, -0.25) is 4.79 Å². The number of pyridine rings is 1. The Labute approximate surface area is 226 Å². The summed E-state index contributed by atoms with van der Waals surface area (Å²) >= 11 is 0. The van der Waals surface area contributed by atoms with Crippen molar-refractivity contribution in [2.24, 2.45) is 5.73 Å². The van der Waals surface area contributed by atoms with E-state index in [2.05, 4.69) is 30.9 Å². The fourth-order valence-corrected chi connectivity index (χ4v) is 5.13. The van der Waals surface area contributed by atoms with Crippen LogP contribution in [0.15, 0.2) is 67.0 Å². The molecule has 39 heavy (non-hydrogen) atoms. The summed E-state index contributed by atoms with van der Waals surface area (Å²) in [4.78, 5) is 24.7. The number of nitrogens with zero attached hydrogens (tertiary/aromatic N) is 5. The summed E-state index contributed by atoms with van der Waals surface area (Å²) in [6, 6.07) is 17.9. The van der Waals surface area contributed by atoms with E-state index in [1.807, 2.05) is 48.5 Å². The van der Waals surface area contributed by atoms with Gasteiger partial charge < -0.3 is 31.3 Å². The summed E-state index contributed by atoms with van der Waals surface area (Å²) in [5, 5.41) is 14.3. The van der Waals surface area contributed by atoms with Crippen molar-refractivity contribution in [3.8, 4) is 0 Å². The zero-order valence-corrected chi connectivity index (χ0v) is 21.7. The van der Waals surface area contributed by atoms with Crippen LogP contribution in [0.4, 0.5) is 23.0 Å². The molecule has 202 valence electrons. The number of anilines is 4. The molecule has 4 heterocycles. The SMILES string of the molecule is NC1CCC(Nc2nc(N3CCOC(Nc4ccccc4)C3)ccc2NC(=O)c2cnc3cccnn23)CC1. The Morgan fingerprint density at radius 2 is 1.85 bits per heavy atom. The van der Waals surface area contributed by atoms with E-state index < -0.39 is 0 Å². The van der Waals surface area contributed by atoms with Gasteiger partial charge in [0.15, 0.2) is 17.2 Å². The first-order chi connectivity index (χ1) is 19.1. The van der Waals surface area contributed by atoms with Gasteiger partial charge in [0.05, 0.1) is 25.0 Å². The van der Waals surface area contributed by atoms with Crippen molar-refractivity contribution < 1.29 is 9.53 Å². The predicted octanol–water partition coefficient (Wildman–Crippen LogP) is 3.33. The summed E-state index contributed by atoms with van der Waals surface area (Å²) in [6.07, 6.45) is 6.83. The van der Waals surface area contributed by atoms with Crippen molar-refractivity contribution in [3.63, 3.8) is 0 Å². The molecule has 1 saturated heterocycles.